The molecule has 3 rings (SSSR count). The van der Waals surface area contributed by atoms with Gasteiger partial charge in [-0.2, -0.15) is 0 Å². The SMILES string of the molecule is CCC(CC)C(=O)NCCc1nc2ccccc2n1CCCCOc1ccc(Cl)cc1. The summed E-state index contributed by atoms with van der Waals surface area (Å²) in [4.78, 5) is 17.1. The number of aryl methyl sites for hydroxylation is 1. The number of ether oxygens (including phenoxy) is 1. The first kappa shape index (κ1) is 23.1. The van der Waals surface area contributed by atoms with Crippen molar-refractivity contribution in [1.29, 1.82) is 0 Å². The van der Waals surface area contributed by atoms with Gasteiger partial charge in [0.15, 0.2) is 0 Å². The second-order valence-electron chi connectivity index (χ2n) is 7.73. The van der Waals surface area contributed by atoms with E-state index >= 15 is 0 Å². The summed E-state index contributed by atoms with van der Waals surface area (Å²) in [7, 11) is 0. The lowest BCUT2D eigenvalue weighted by atomic mass is 10.0. The summed E-state index contributed by atoms with van der Waals surface area (Å²) in [6.07, 6.45) is 4.40. The van der Waals surface area contributed by atoms with Crippen LogP contribution in [0.15, 0.2) is 48.5 Å². The fourth-order valence-corrected chi connectivity index (χ4v) is 3.89. The number of rotatable bonds is 12. The van der Waals surface area contributed by atoms with Crippen molar-refractivity contribution in [3.8, 4) is 5.75 Å². The summed E-state index contributed by atoms with van der Waals surface area (Å²) < 4.78 is 8.08. The van der Waals surface area contributed by atoms with Gasteiger partial charge in [0.2, 0.25) is 5.91 Å². The Bertz CT molecular complexity index is 965. The molecule has 1 amide bonds. The molecule has 0 saturated heterocycles. The van der Waals surface area contributed by atoms with Gasteiger partial charge in [0.1, 0.15) is 11.6 Å². The first-order valence-corrected chi connectivity index (χ1v) is 11.6. The van der Waals surface area contributed by atoms with Gasteiger partial charge in [0, 0.05) is 30.5 Å². The van der Waals surface area contributed by atoms with Gasteiger partial charge in [-0.3, -0.25) is 4.79 Å². The smallest absolute Gasteiger partial charge is 0.223 e. The van der Waals surface area contributed by atoms with Gasteiger partial charge in [-0.05, 0) is 62.1 Å². The molecule has 2 aromatic carbocycles. The standard InChI is InChI=1S/C25H32ClN3O2/c1-3-19(4-2)25(30)27-16-15-24-28-22-9-5-6-10-23(22)29(24)17-7-8-18-31-21-13-11-20(26)12-14-21/h5-6,9-14,19H,3-4,7-8,15-18H2,1-2H3,(H,27,30). The predicted octanol–water partition coefficient (Wildman–Crippen LogP) is 5.64. The van der Waals surface area contributed by atoms with E-state index < -0.39 is 0 Å². The highest BCUT2D eigenvalue weighted by Crippen LogP contribution is 2.19. The van der Waals surface area contributed by atoms with E-state index in [4.69, 9.17) is 21.3 Å². The lowest BCUT2D eigenvalue weighted by Crippen LogP contribution is -2.32. The number of carbonyl (C=O) groups excluding carboxylic acids is 1. The zero-order valence-electron chi connectivity index (χ0n) is 18.4. The number of aromatic nitrogens is 2. The number of hydrogen-bond acceptors (Lipinski definition) is 3. The third kappa shape index (κ3) is 6.47. The third-order valence-electron chi connectivity index (χ3n) is 5.60. The van der Waals surface area contributed by atoms with Crippen molar-refractivity contribution in [3.05, 3.63) is 59.4 Å². The maximum Gasteiger partial charge on any atom is 0.223 e. The zero-order valence-corrected chi connectivity index (χ0v) is 19.2. The number of hydrogen-bond donors (Lipinski definition) is 1. The van der Waals surface area contributed by atoms with E-state index in [0.717, 1.165) is 61.3 Å². The minimum absolute atomic E-state index is 0.0967. The molecule has 0 bridgehead atoms. The first-order chi connectivity index (χ1) is 15.1. The minimum atomic E-state index is 0.0967. The summed E-state index contributed by atoms with van der Waals surface area (Å²) in [6.45, 7) is 6.27. The highest BCUT2D eigenvalue weighted by Gasteiger charge is 2.15. The van der Waals surface area contributed by atoms with E-state index in [1.807, 2.05) is 42.5 Å². The molecule has 166 valence electrons. The molecule has 0 aliphatic rings. The van der Waals surface area contributed by atoms with Crippen LogP contribution >= 0.6 is 11.6 Å². The molecule has 6 heteroatoms. The van der Waals surface area contributed by atoms with Gasteiger partial charge in [-0.25, -0.2) is 4.98 Å². The number of nitrogens with one attached hydrogen (secondary N) is 1. The predicted molar refractivity (Wildman–Crippen MR) is 127 cm³/mol. The molecular formula is C25H32ClN3O2. The molecule has 31 heavy (non-hydrogen) atoms. The van der Waals surface area contributed by atoms with Crippen LogP contribution in [-0.2, 0) is 17.8 Å². The lowest BCUT2D eigenvalue weighted by Gasteiger charge is -2.13. The van der Waals surface area contributed by atoms with E-state index in [0.29, 0.717) is 18.2 Å². The highest BCUT2D eigenvalue weighted by atomic mass is 35.5. The number of nitrogens with zero attached hydrogens (tertiary/aromatic N) is 2. The Labute approximate surface area is 189 Å². The van der Waals surface area contributed by atoms with Crippen LogP contribution in [0.5, 0.6) is 5.75 Å². The number of halogens is 1. The van der Waals surface area contributed by atoms with E-state index in [-0.39, 0.29) is 11.8 Å². The van der Waals surface area contributed by atoms with Crippen LogP contribution in [0.25, 0.3) is 11.0 Å². The quantitative estimate of drug-likeness (QED) is 0.370. The van der Waals surface area contributed by atoms with Gasteiger partial charge < -0.3 is 14.6 Å². The summed E-state index contributed by atoms with van der Waals surface area (Å²) in [5.74, 6) is 2.10. The summed E-state index contributed by atoms with van der Waals surface area (Å²) in [5, 5.41) is 3.79. The van der Waals surface area contributed by atoms with Crippen molar-refractivity contribution in [3.63, 3.8) is 0 Å². The number of benzene rings is 2. The van der Waals surface area contributed by atoms with Gasteiger partial charge >= 0.3 is 0 Å². The molecule has 1 heterocycles. The van der Waals surface area contributed by atoms with Crippen molar-refractivity contribution in [2.75, 3.05) is 13.2 Å². The Hall–Kier alpha value is -2.53. The molecule has 5 nitrogen and oxygen atoms in total. The van der Waals surface area contributed by atoms with Gasteiger partial charge in [-0.1, -0.05) is 37.6 Å². The molecule has 0 saturated carbocycles. The van der Waals surface area contributed by atoms with Gasteiger partial charge in [-0.15, -0.1) is 0 Å². The Morgan fingerprint density at radius 3 is 2.58 bits per heavy atom. The molecule has 0 aliphatic heterocycles. The molecule has 1 N–H and O–H groups in total. The lowest BCUT2D eigenvalue weighted by molar-refractivity contribution is -0.125. The van der Waals surface area contributed by atoms with Crippen LogP contribution in [0.3, 0.4) is 0 Å². The summed E-state index contributed by atoms with van der Waals surface area (Å²) >= 11 is 5.91. The van der Waals surface area contributed by atoms with Crippen LogP contribution in [-0.4, -0.2) is 28.6 Å². The Kier molecular flexibility index (Phi) is 8.77. The van der Waals surface area contributed by atoms with E-state index in [1.54, 1.807) is 0 Å². The Morgan fingerprint density at radius 2 is 1.84 bits per heavy atom. The molecule has 0 radical (unpaired) electrons. The van der Waals surface area contributed by atoms with Crippen molar-refractivity contribution in [1.82, 2.24) is 14.9 Å². The molecular weight excluding hydrogens is 410 g/mol. The second kappa shape index (κ2) is 11.8. The molecule has 0 fully saturated rings. The number of carbonyl (C=O) groups is 1. The monoisotopic (exact) mass is 441 g/mol. The van der Waals surface area contributed by atoms with Crippen LogP contribution in [0.2, 0.25) is 5.02 Å². The van der Waals surface area contributed by atoms with Crippen LogP contribution in [0.1, 0.15) is 45.4 Å². The first-order valence-electron chi connectivity index (χ1n) is 11.2. The van der Waals surface area contributed by atoms with Crippen molar-refractivity contribution < 1.29 is 9.53 Å². The van der Waals surface area contributed by atoms with Gasteiger partial charge in [0.25, 0.3) is 0 Å². The molecule has 3 aromatic rings. The normalized spacial score (nSPS) is 11.2. The average Bonchev–Trinajstić information content (AvgIpc) is 3.13. The van der Waals surface area contributed by atoms with Gasteiger partial charge in [0.05, 0.1) is 17.6 Å². The fraction of sp³-hybridized carbons (Fsp3) is 0.440. The van der Waals surface area contributed by atoms with Crippen molar-refractivity contribution in [2.45, 2.75) is 52.5 Å². The molecule has 0 atom stereocenters. The van der Waals surface area contributed by atoms with Crippen molar-refractivity contribution in [2.24, 2.45) is 5.92 Å². The number of para-hydroxylation sites is 2. The maximum absolute atomic E-state index is 12.3. The highest BCUT2D eigenvalue weighted by molar-refractivity contribution is 6.30. The number of amides is 1. The topological polar surface area (TPSA) is 56.2 Å². The minimum Gasteiger partial charge on any atom is -0.494 e. The van der Waals surface area contributed by atoms with Crippen LogP contribution in [0, 0.1) is 5.92 Å². The van der Waals surface area contributed by atoms with E-state index in [2.05, 4.69) is 29.8 Å². The Balaban J connectivity index is 1.54. The summed E-state index contributed by atoms with van der Waals surface area (Å²) in [6, 6.07) is 15.7. The van der Waals surface area contributed by atoms with Crippen molar-refractivity contribution >= 4 is 28.5 Å². The van der Waals surface area contributed by atoms with E-state index in [1.165, 1.54) is 0 Å². The van der Waals surface area contributed by atoms with Crippen LogP contribution < -0.4 is 10.1 Å². The van der Waals surface area contributed by atoms with E-state index in [9.17, 15) is 4.79 Å². The number of fused-ring (bicyclic) bond motifs is 1. The molecule has 1 aromatic heterocycles. The molecule has 0 unspecified atom stereocenters. The second-order valence-corrected chi connectivity index (χ2v) is 8.17. The number of imidazole rings is 1. The number of unbranched alkanes of at least 4 members (excludes halogenated alkanes) is 1. The van der Waals surface area contributed by atoms with Crippen LogP contribution in [0.4, 0.5) is 0 Å². The Morgan fingerprint density at radius 1 is 1.10 bits per heavy atom. The summed E-state index contributed by atoms with van der Waals surface area (Å²) in [5.41, 5.74) is 2.14. The molecule has 0 spiro atoms. The molecule has 0 aliphatic carbocycles. The average molecular weight is 442 g/mol. The zero-order chi connectivity index (χ0) is 22.1. The third-order valence-corrected chi connectivity index (χ3v) is 5.85. The largest absolute Gasteiger partial charge is 0.494 e. The fourth-order valence-electron chi connectivity index (χ4n) is 3.76. The maximum atomic E-state index is 12.3.